The van der Waals surface area contributed by atoms with Crippen LogP contribution >= 0.6 is 12.8 Å². The van der Waals surface area contributed by atoms with Crippen LogP contribution < -0.4 is 0 Å². The zero-order chi connectivity index (χ0) is 8.39. The lowest BCUT2D eigenvalue weighted by Gasteiger charge is -1.89. The molecule has 0 aliphatic rings. The third-order valence-electron chi connectivity index (χ3n) is 1.44. The predicted octanol–water partition coefficient (Wildman–Crippen LogP) is 1.03. The van der Waals surface area contributed by atoms with Crippen molar-refractivity contribution >= 4 is 12.8 Å². The molecule has 0 spiro atoms. The zero-order valence-electron chi connectivity index (χ0n) is 6.12. The van der Waals surface area contributed by atoms with Crippen molar-refractivity contribution in [3.8, 4) is 11.4 Å². The van der Waals surface area contributed by atoms with E-state index in [1.807, 2.05) is 30.3 Å². The highest BCUT2D eigenvalue weighted by atomic mass is 32.1. The fourth-order valence-electron chi connectivity index (χ4n) is 0.910. The molecule has 2 aromatic rings. The second-order valence-corrected chi connectivity index (χ2v) is 2.61. The van der Waals surface area contributed by atoms with Crippen LogP contribution in [-0.2, 0) is 0 Å². The molecule has 0 amide bonds. The Kier molecular flexibility index (Phi) is 1.79. The van der Waals surface area contributed by atoms with Crippen LogP contribution in [0.15, 0.2) is 30.3 Å². The fraction of sp³-hybridized carbons (Fsp3) is 0. The van der Waals surface area contributed by atoms with Crippen molar-refractivity contribution in [2.45, 2.75) is 0 Å². The molecule has 0 saturated heterocycles. The Labute approximate surface area is 74.8 Å². The van der Waals surface area contributed by atoms with Crippen LogP contribution in [-0.4, -0.2) is 19.6 Å². The van der Waals surface area contributed by atoms with Gasteiger partial charge in [-0.1, -0.05) is 30.3 Å². The zero-order valence-corrected chi connectivity index (χ0v) is 7.02. The van der Waals surface area contributed by atoms with Crippen molar-refractivity contribution in [3.05, 3.63) is 30.3 Å². The molecule has 4 nitrogen and oxygen atoms in total. The average Bonchev–Trinajstić information content (AvgIpc) is 2.54. The van der Waals surface area contributed by atoms with Crippen molar-refractivity contribution in [1.29, 1.82) is 0 Å². The van der Waals surface area contributed by atoms with E-state index < -0.39 is 0 Å². The largest absolute Gasteiger partial charge is 0.205 e. The summed E-state index contributed by atoms with van der Waals surface area (Å²) in [5.74, 6) is 0.589. The van der Waals surface area contributed by atoms with Crippen molar-refractivity contribution in [1.82, 2.24) is 19.6 Å². The summed E-state index contributed by atoms with van der Waals surface area (Å²) < 4.78 is 1.14. The van der Waals surface area contributed by atoms with E-state index in [4.69, 9.17) is 0 Å². The quantitative estimate of drug-likeness (QED) is 0.663. The smallest absolute Gasteiger partial charge is 0.120 e. The monoisotopic (exact) mass is 178 g/mol. The van der Waals surface area contributed by atoms with E-state index in [2.05, 4.69) is 28.2 Å². The molecule has 60 valence electrons. The molecule has 0 N–H and O–H groups in total. The van der Waals surface area contributed by atoms with Gasteiger partial charge < -0.3 is 0 Å². The number of aromatic nitrogens is 4. The SMILES string of the molecule is Sn1nnc(-c2ccccc2)n1. The van der Waals surface area contributed by atoms with E-state index in [9.17, 15) is 0 Å². The highest BCUT2D eigenvalue weighted by Gasteiger charge is 2.01. The van der Waals surface area contributed by atoms with Crippen molar-refractivity contribution in [2.24, 2.45) is 0 Å². The van der Waals surface area contributed by atoms with Gasteiger partial charge in [-0.25, -0.2) is 0 Å². The van der Waals surface area contributed by atoms with Crippen LogP contribution in [0.3, 0.4) is 0 Å². The van der Waals surface area contributed by atoms with E-state index >= 15 is 0 Å². The van der Waals surface area contributed by atoms with Crippen LogP contribution in [0.25, 0.3) is 11.4 Å². The molecule has 2 rings (SSSR count). The summed E-state index contributed by atoms with van der Waals surface area (Å²) in [6.07, 6.45) is 0. The summed E-state index contributed by atoms with van der Waals surface area (Å²) >= 11 is 3.89. The third kappa shape index (κ3) is 1.31. The minimum Gasteiger partial charge on any atom is -0.120 e. The van der Waals surface area contributed by atoms with Crippen LogP contribution in [0.1, 0.15) is 0 Å². The molecule has 1 heterocycles. The molecule has 5 heteroatoms. The summed E-state index contributed by atoms with van der Waals surface area (Å²) in [6, 6.07) is 9.63. The molecule has 0 saturated carbocycles. The summed E-state index contributed by atoms with van der Waals surface area (Å²) in [4.78, 5) is 0. The van der Waals surface area contributed by atoms with Gasteiger partial charge in [0.2, 0.25) is 5.82 Å². The molecular formula is C7H6N4S. The van der Waals surface area contributed by atoms with Crippen LogP contribution in [0.2, 0.25) is 0 Å². The number of benzene rings is 1. The number of thiol groups is 1. The lowest BCUT2D eigenvalue weighted by molar-refractivity contribution is 0.825. The first kappa shape index (κ1) is 7.30. The topological polar surface area (TPSA) is 43.6 Å². The Bertz CT molecular complexity index is 370. The molecule has 0 aliphatic carbocycles. The van der Waals surface area contributed by atoms with Crippen molar-refractivity contribution in [3.63, 3.8) is 0 Å². The summed E-state index contributed by atoms with van der Waals surface area (Å²) in [6.45, 7) is 0. The van der Waals surface area contributed by atoms with Crippen molar-refractivity contribution in [2.75, 3.05) is 0 Å². The maximum Gasteiger partial charge on any atom is 0.205 e. The van der Waals surface area contributed by atoms with Gasteiger partial charge in [0.15, 0.2) is 0 Å². The molecule has 0 aliphatic heterocycles. The van der Waals surface area contributed by atoms with Gasteiger partial charge in [-0.15, -0.1) is 14.4 Å². The number of nitrogens with zero attached hydrogens (tertiary/aromatic N) is 4. The lowest BCUT2D eigenvalue weighted by atomic mass is 10.2. The summed E-state index contributed by atoms with van der Waals surface area (Å²) in [5.41, 5.74) is 0.942. The average molecular weight is 178 g/mol. The standard InChI is InChI=1S/C7H6N4S/c12-11-9-7(8-10-11)6-4-2-1-3-5-6/h1-5,12H. The second-order valence-electron chi connectivity index (χ2n) is 2.25. The van der Waals surface area contributed by atoms with Gasteiger partial charge in [0.25, 0.3) is 0 Å². The van der Waals surface area contributed by atoms with Crippen LogP contribution in [0, 0.1) is 0 Å². The molecular weight excluding hydrogens is 172 g/mol. The summed E-state index contributed by atoms with van der Waals surface area (Å²) in [7, 11) is 0. The molecule has 12 heavy (non-hydrogen) atoms. The van der Waals surface area contributed by atoms with E-state index in [1.54, 1.807) is 0 Å². The number of hydrogen-bond donors (Lipinski definition) is 1. The lowest BCUT2D eigenvalue weighted by Crippen LogP contribution is -1.84. The highest BCUT2D eigenvalue weighted by molar-refractivity contribution is 7.78. The predicted molar refractivity (Wildman–Crippen MR) is 47.6 cm³/mol. The first-order chi connectivity index (χ1) is 5.86. The second kappa shape index (κ2) is 2.94. The highest BCUT2D eigenvalue weighted by Crippen LogP contribution is 2.11. The minimum absolute atomic E-state index is 0.589. The van der Waals surface area contributed by atoms with E-state index in [-0.39, 0.29) is 0 Å². The maximum absolute atomic E-state index is 3.94. The van der Waals surface area contributed by atoms with Crippen molar-refractivity contribution < 1.29 is 0 Å². The fourth-order valence-corrected chi connectivity index (χ4v) is 1.03. The summed E-state index contributed by atoms with van der Waals surface area (Å²) in [5, 5.41) is 11.4. The van der Waals surface area contributed by atoms with Crippen LogP contribution in [0.4, 0.5) is 0 Å². The van der Waals surface area contributed by atoms with E-state index in [0.717, 1.165) is 9.77 Å². The molecule has 0 radical (unpaired) electrons. The van der Waals surface area contributed by atoms with Crippen LogP contribution in [0.5, 0.6) is 0 Å². The molecule has 1 aromatic heterocycles. The Hall–Kier alpha value is -1.36. The maximum atomic E-state index is 3.94. The molecule has 1 aromatic carbocycles. The van der Waals surface area contributed by atoms with E-state index in [0.29, 0.717) is 5.82 Å². The Morgan fingerprint density at radius 1 is 1.17 bits per heavy atom. The minimum atomic E-state index is 0.589. The van der Waals surface area contributed by atoms with Gasteiger partial charge >= 0.3 is 0 Å². The Balaban J connectivity index is 2.45. The first-order valence-corrected chi connectivity index (χ1v) is 3.81. The van der Waals surface area contributed by atoms with Gasteiger partial charge in [-0.05, 0) is 18.0 Å². The third-order valence-corrected chi connectivity index (χ3v) is 1.61. The number of tetrazole rings is 1. The van der Waals surface area contributed by atoms with Gasteiger partial charge in [0.1, 0.15) is 0 Å². The Morgan fingerprint density at radius 2 is 1.92 bits per heavy atom. The van der Waals surface area contributed by atoms with Gasteiger partial charge in [-0.3, -0.25) is 0 Å². The van der Waals surface area contributed by atoms with E-state index in [1.165, 1.54) is 0 Å². The van der Waals surface area contributed by atoms with Gasteiger partial charge in [0.05, 0.1) is 0 Å². The number of hydrogen-bond acceptors (Lipinski definition) is 4. The molecule has 0 unspecified atom stereocenters. The molecule has 0 fully saturated rings. The van der Waals surface area contributed by atoms with Gasteiger partial charge in [-0.2, -0.15) is 0 Å². The first-order valence-electron chi connectivity index (χ1n) is 3.41. The normalized spacial score (nSPS) is 10.1. The Morgan fingerprint density at radius 3 is 2.50 bits per heavy atom. The number of rotatable bonds is 1. The van der Waals surface area contributed by atoms with Gasteiger partial charge in [0, 0.05) is 5.56 Å². The molecule has 0 bridgehead atoms. The molecule has 0 atom stereocenters.